The van der Waals surface area contributed by atoms with E-state index in [0.29, 0.717) is 16.7 Å². The molecular formula is C16H14O5. The summed E-state index contributed by atoms with van der Waals surface area (Å²) in [5, 5.41) is 0.792. The van der Waals surface area contributed by atoms with E-state index < -0.39 is 11.9 Å². The molecule has 1 aromatic heterocycles. The van der Waals surface area contributed by atoms with Crippen molar-refractivity contribution >= 4 is 28.5 Å². The fraction of sp³-hybridized carbons (Fsp3) is 0.125. The van der Waals surface area contributed by atoms with Gasteiger partial charge in [0.05, 0.1) is 26.1 Å². The highest BCUT2D eigenvalue weighted by atomic mass is 16.5. The molecule has 2 rings (SSSR count). The predicted molar refractivity (Wildman–Crippen MR) is 77.4 cm³/mol. The van der Waals surface area contributed by atoms with Gasteiger partial charge in [-0.3, -0.25) is 0 Å². The third kappa shape index (κ3) is 3.20. The summed E-state index contributed by atoms with van der Waals surface area (Å²) in [5.41, 5.74) is 1.56. The summed E-state index contributed by atoms with van der Waals surface area (Å²) in [6.45, 7) is 0. The van der Waals surface area contributed by atoms with Crippen molar-refractivity contribution in [3.8, 4) is 0 Å². The zero-order valence-electron chi connectivity index (χ0n) is 11.7. The Morgan fingerprint density at radius 2 is 1.90 bits per heavy atom. The Kier molecular flexibility index (Phi) is 4.56. The number of benzene rings is 1. The Morgan fingerprint density at radius 3 is 2.62 bits per heavy atom. The first kappa shape index (κ1) is 14.6. The van der Waals surface area contributed by atoms with Crippen molar-refractivity contribution in [2.75, 3.05) is 14.2 Å². The van der Waals surface area contributed by atoms with Crippen LogP contribution in [0.15, 0.2) is 53.2 Å². The third-order valence-electron chi connectivity index (χ3n) is 2.87. The number of allylic oxidation sites excluding steroid dienone is 2. The van der Waals surface area contributed by atoms with Crippen molar-refractivity contribution in [2.24, 2.45) is 0 Å². The van der Waals surface area contributed by atoms with Gasteiger partial charge in [0.2, 0.25) is 0 Å². The number of rotatable bonds is 4. The van der Waals surface area contributed by atoms with E-state index >= 15 is 0 Å². The number of furan rings is 1. The van der Waals surface area contributed by atoms with E-state index in [1.165, 1.54) is 38.7 Å². The van der Waals surface area contributed by atoms with Gasteiger partial charge in [-0.25, -0.2) is 9.59 Å². The second kappa shape index (κ2) is 6.56. The van der Waals surface area contributed by atoms with Gasteiger partial charge in [0.25, 0.3) is 0 Å². The van der Waals surface area contributed by atoms with E-state index in [-0.39, 0.29) is 0 Å². The predicted octanol–water partition coefficient (Wildman–Crippen LogP) is 2.72. The largest absolute Gasteiger partial charge is 0.466 e. The second-order valence-electron chi connectivity index (χ2n) is 4.10. The van der Waals surface area contributed by atoms with Crippen molar-refractivity contribution in [3.05, 3.63) is 54.3 Å². The average molecular weight is 286 g/mol. The van der Waals surface area contributed by atoms with Crippen LogP contribution < -0.4 is 0 Å². The molecule has 1 heterocycles. The highest BCUT2D eigenvalue weighted by Gasteiger charge is 2.16. The van der Waals surface area contributed by atoms with Crippen molar-refractivity contribution in [3.63, 3.8) is 0 Å². The Hall–Kier alpha value is -2.82. The Balaban J connectivity index is 2.46. The highest BCUT2D eigenvalue weighted by Crippen LogP contribution is 2.27. The van der Waals surface area contributed by atoms with Gasteiger partial charge in [0, 0.05) is 17.0 Å². The Morgan fingerprint density at radius 1 is 1.14 bits per heavy atom. The standard InChI is InChI=1S/C16H14O5/c1-19-15(17)9-5-7-12(16(18)20-2)13-10-21-14-8-4-3-6-11(13)14/h3-10H,1-2H3/b9-5-,12-7+. The highest BCUT2D eigenvalue weighted by molar-refractivity contribution is 6.20. The summed E-state index contributed by atoms with van der Waals surface area (Å²) in [6.07, 6.45) is 5.62. The monoisotopic (exact) mass is 286 g/mol. The molecule has 0 bridgehead atoms. The fourth-order valence-corrected chi connectivity index (χ4v) is 1.86. The molecule has 0 atom stereocenters. The van der Waals surface area contributed by atoms with E-state index in [1.807, 2.05) is 18.2 Å². The second-order valence-corrected chi connectivity index (χ2v) is 4.10. The summed E-state index contributed by atoms with van der Waals surface area (Å²) >= 11 is 0. The van der Waals surface area contributed by atoms with Crippen molar-refractivity contribution in [1.82, 2.24) is 0 Å². The van der Waals surface area contributed by atoms with Crippen molar-refractivity contribution < 1.29 is 23.5 Å². The lowest BCUT2D eigenvalue weighted by Crippen LogP contribution is -2.03. The average Bonchev–Trinajstić information content (AvgIpc) is 2.94. The molecule has 1 aromatic carbocycles. The molecule has 0 radical (unpaired) electrons. The minimum atomic E-state index is -0.518. The maximum Gasteiger partial charge on any atom is 0.338 e. The molecule has 21 heavy (non-hydrogen) atoms. The number of fused-ring (bicyclic) bond motifs is 1. The zero-order chi connectivity index (χ0) is 15.2. The van der Waals surface area contributed by atoms with Gasteiger partial charge >= 0.3 is 11.9 Å². The van der Waals surface area contributed by atoms with Crippen LogP contribution in [0.2, 0.25) is 0 Å². The van der Waals surface area contributed by atoms with E-state index in [4.69, 9.17) is 9.15 Å². The van der Waals surface area contributed by atoms with Crippen LogP contribution in [0.25, 0.3) is 16.5 Å². The number of hydrogen-bond acceptors (Lipinski definition) is 5. The van der Waals surface area contributed by atoms with Gasteiger partial charge in [-0.05, 0) is 12.1 Å². The molecular weight excluding hydrogens is 272 g/mol. The van der Waals surface area contributed by atoms with Gasteiger partial charge in [-0.15, -0.1) is 0 Å². The first-order valence-corrected chi connectivity index (χ1v) is 6.18. The van der Waals surface area contributed by atoms with Gasteiger partial charge in [0.15, 0.2) is 0 Å². The summed E-state index contributed by atoms with van der Waals surface area (Å²) in [7, 11) is 2.57. The normalized spacial score (nSPS) is 11.8. The summed E-state index contributed by atoms with van der Waals surface area (Å²) in [5.74, 6) is -1.02. The molecule has 2 aromatic rings. The maximum atomic E-state index is 11.9. The van der Waals surface area contributed by atoms with Crippen LogP contribution in [0.1, 0.15) is 5.56 Å². The molecule has 0 N–H and O–H groups in total. The molecule has 5 heteroatoms. The number of ether oxygens (including phenoxy) is 2. The minimum absolute atomic E-state index is 0.294. The van der Waals surface area contributed by atoms with E-state index in [9.17, 15) is 9.59 Å². The number of methoxy groups -OCH3 is 2. The molecule has 0 aliphatic rings. The van der Waals surface area contributed by atoms with E-state index in [2.05, 4.69) is 4.74 Å². The molecule has 0 fully saturated rings. The Labute approximate surface area is 121 Å². The smallest absolute Gasteiger partial charge is 0.338 e. The molecule has 0 amide bonds. The van der Waals surface area contributed by atoms with Crippen LogP contribution in [0.5, 0.6) is 0 Å². The summed E-state index contributed by atoms with van der Waals surface area (Å²) in [4.78, 5) is 23.0. The van der Waals surface area contributed by atoms with Crippen LogP contribution in [-0.4, -0.2) is 26.2 Å². The fourth-order valence-electron chi connectivity index (χ4n) is 1.86. The molecule has 0 spiro atoms. The lowest BCUT2D eigenvalue weighted by molar-refractivity contribution is -0.135. The zero-order valence-corrected chi connectivity index (χ0v) is 11.7. The number of carbonyl (C=O) groups is 2. The number of carbonyl (C=O) groups excluding carboxylic acids is 2. The lowest BCUT2D eigenvalue weighted by Gasteiger charge is -2.02. The van der Waals surface area contributed by atoms with Gasteiger partial charge in [-0.1, -0.05) is 24.3 Å². The third-order valence-corrected chi connectivity index (χ3v) is 2.87. The molecule has 0 saturated carbocycles. The van der Waals surface area contributed by atoms with Crippen LogP contribution >= 0.6 is 0 Å². The lowest BCUT2D eigenvalue weighted by atomic mass is 10.0. The van der Waals surface area contributed by atoms with Crippen molar-refractivity contribution in [1.29, 1.82) is 0 Å². The minimum Gasteiger partial charge on any atom is -0.466 e. The van der Waals surface area contributed by atoms with Gasteiger partial charge in [0.1, 0.15) is 5.58 Å². The Bertz CT molecular complexity index is 721. The van der Waals surface area contributed by atoms with Crippen LogP contribution in [-0.2, 0) is 19.1 Å². The van der Waals surface area contributed by atoms with Crippen LogP contribution in [0.3, 0.4) is 0 Å². The number of esters is 2. The first-order chi connectivity index (χ1) is 10.2. The number of para-hydroxylation sites is 1. The molecule has 108 valence electrons. The van der Waals surface area contributed by atoms with Crippen LogP contribution in [0.4, 0.5) is 0 Å². The SMILES string of the molecule is COC(=O)/C=C\C=C(\C(=O)OC)c1coc2ccccc12. The molecule has 0 unspecified atom stereocenters. The van der Waals surface area contributed by atoms with Gasteiger partial charge in [-0.2, -0.15) is 0 Å². The molecule has 5 nitrogen and oxygen atoms in total. The molecule has 0 aliphatic carbocycles. The van der Waals surface area contributed by atoms with Crippen molar-refractivity contribution in [2.45, 2.75) is 0 Å². The number of hydrogen-bond donors (Lipinski definition) is 0. The molecule has 0 aliphatic heterocycles. The molecule has 0 saturated heterocycles. The summed E-state index contributed by atoms with van der Waals surface area (Å²) < 4.78 is 14.7. The van der Waals surface area contributed by atoms with Gasteiger partial charge < -0.3 is 13.9 Å². The topological polar surface area (TPSA) is 65.7 Å². The quantitative estimate of drug-likeness (QED) is 0.491. The summed E-state index contributed by atoms with van der Waals surface area (Å²) in [6, 6.07) is 7.34. The van der Waals surface area contributed by atoms with Crippen LogP contribution in [0, 0.1) is 0 Å². The van der Waals surface area contributed by atoms with E-state index in [1.54, 1.807) is 6.07 Å². The maximum absolute atomic E-state index is 11.9. The van der Waals surface area contributed by atoms with E-state index in [0.717, 1.165) is 5.39 Å². The first-order valence-electron chi connectivity index (χ1n) is 6.18.